The maximum absolute atomic E-state index is 13.5. The van der Waals surface area contributed by atoms with Crippen LogP contribution in [-0.2, 0) is 40.1 Å². The normalized spacial score (nSPS) is 28.1. The van der Waals surface area contributed by atoms with Gasteiger partial charge >= 0.3 is 21.1 Å². The van der Waals surface area contributed by atoms with Crippen molar-refractivity contribution in [3.63, 3.8) is 0 Å². The first kappa shape index (κ1) is 30.0. The van der Waals surface area contributed by atoms with E-state index in [0.717, 1.165) is 0 Å². The van der Waals surface area contributed by atoms with Gasteiger partial charge in [-0.1, -0.05) is 0 Å². The number of ether oxygens (including phenoxy) is 2. The van der Waals surface area contributed by atoms with Crippen molar-refractivity contribution in [2.75, 3.05) is 13.2 Å². The number of aliphatic hydroxyl groups is 4. The quantitative estimate of drug-likeness (QED) is 0.119. The predicted octanol–water partition coefficient (Wildman–Crippen LogP) is -4.89. The largest absolute Gasteiger partial charge is 2.00 e. The van der Waals surface area contributed by atoms with Crippen LogP contribution in [0.4, 0.5) is 4.39 Å². The van der Waals surface area contributed by atoms with Crippen LogP contribution in [-0.4, -0.2) is 82.0 Å². The van der Waals surface area contributed by atoms with Crippen LogP contribution in [0.5, 0.6) is 0 Å². The van der Waals surface area contributed by atoms with Crippen LogP contribution < -0.4 is 22.5 Å². The van der Waals surface area contributed by atoms with Crippen molar-refractivity contribution in [3.8, 4) is 0 Å². The van der Waals surface area contributed by atoms with Crippen LogP contribution in [0.1, 0.15) is 12.8 Å². The Balaban J connectivity index is -0.00000176. The minimum atomic E-state index is -3.68. The minimum absolute atomic E-state index is 0. The number of carbonyl (C=O) groups is 2. The van der Waals surface area contributed by atoms with Crippen LogP contribution >= 0.6 is 0 Å². The van der Waals surface area contributed by atoms with Gasteiger partial charge in [0, 0.05) is 0 Å². The van der Waals surface area contributed by atoms with Gasteiger partial charge in [-0.05, 0) is 12.8 Å². The Labute approximate surface area is 162 Å². The van der Waals surface area contributed by atoms with Crippen molar-refractivity contribution in [2.24, 2.45) is 0 Å². The molecule has 1 rings (SSSR count). The summed E-state index contributed by atoms with van der Waals surface area (Å²) in [5, 5.41) is 58.6. The number of halogens is 1. The SMILES string of the molecule is N.N.O=C([O-])C(F)(CCCOC1O[C@H](CO)[C@@H](O)[C@H](O)[C@H]1O)C(=O)[O-].[Pt+2]. The Bertz CT molecular complexity index is 430. The number of alkyl halides is 1. The molecule has 1 unspecified atom stereocenters. The third kappa shape index (κ3) is 6.76. The van der Waals surface area contributed by atoms with E-state index < -0.39 is 74.4 Å². The van der Waals surface area contributed by atoms with E-state index >= 15 is 0 Å². The molecule has 1 aliphatic rings. The maximum atomic E-state index is 13.5. The molecule has 0 aromatic carbocycles. The second-order valence-corrected chi connectivity index (χ2v) is 5.05. The maximum Gasteiger partial charge on any atom is 2.00 e. The van der Waals surface area contributed by atoms with E-state index in [9.17, 15) is 39.5 Å². The average Bonchev–Trinajstić information content (AvgIpc) is 2.50. The van der Waals surface area contributed by atoms with Gasteiger partial charge in [0.1, 0.15) is 24.4 Å². The first-order chi connectivity index (χ1) is 10.6. The molecular formula is C12H23FN2O10Pt. The molecule has 0 saturated carbocycles. The monoisotopic (exact) mass is 569 g/mol. The molecule has 12 nitrogen and oxygen atoms in total. The Morgan fingerprint density at radius 3 is 2.00 bits per heavy atom. The van der Waals surface area contributed by atoms with Gasteiger partial charge in [-0.25, -0.2) is 4.39 Å². The molecule has 158 valence electrons. The van der Waals surface area contributed by atoms with Crippen molar-refractivity contribution in [3.05, 3.63) is 0 Å². The van der Waals surface area contributed by atoms with Crippen LogP contribution in [0.15, 0.2) is 0 Å². The van der Waals surface area contributed by atoms with E-state index in [1.54, 1.807) is 0 Å². The molecule has 0 aliphatic carbocycles. The molecule has 0 bridgehead atoms. The number of hydrogen-bond donors (Lipinski definition) is 6. The topological polar surface area (TPSA) is 250 Å². The zero-order valence-electron chi connectivity index (χ0n) is 13.6. The van der Waals surface area contributed by atoms with Crippen LogP contribution in [0.3, 0.4) is 0 Å². The number of aliphatic hydroxyl groups excluding tert-OH is 4. The summed E-state index contributed by atoms with van der Waals surface area (Å²) in [4.78, 5) is 20.9. The summed E-state index contributed by atoms with van der Waals surface area (Å²) in [5.41, 5.74) is -3.68. The molecule has 1 aliphatic heterocycles. The van der Waals surface area contributed by atoms with Crippen molar-refractivity contribution < 1.29 is 75.2 Å². The number of carboxylic acids is 2. The van der Waals surface area contributed by atoms with Crippen LogP contribution in [0, 0.1) is 0 Å². The Morgan fingerprint density at radius 2 is 1.58 bits per heavy atom. The molecule has 26 heavy (non-hydrogen) atoms. The van der Waals surface area contributed by atoms with Crippen molar-refractivity contribution in [1.29, 1.82) is 0 Å². The van der Waals surface area contributed by atoms with Gasteiger partial charge in [-0.2, -0.15) is 0 Å². The predicted molar refractivity (Wildman–Crippen MR) is 72.9 cm³/mol. The van der Waals surface area contributed by atoms with Crippen molar-refractivity contribution in [1.82, 2.24) is 12.3 Å². The molecule has 0 spiro atoms. The Kier molecular flexibility index (Phi) is 14.5. The van der Waals surface area contributed by atoms with Gasteiger partial charge in [0.15, 0.2) is 12.0 Å². The second-order valence-electron chi connectivity index (χ2n) is 5.05. The number of hydrogen-bond acceptors (Lipinski definition) is 12. The van der Waals surface area contributed by atoms with Crippen LogP contribution in [0.25, 0.3) is 0 Å². The number of carboxylic acid groups (broad SMARTS) is 2. The van der Waals surface area contributed by atoms with E-state index in [2.05, 4.69) is 0 Å². The standard InChI is InChI=1S/C12H19FO10.2H3N.Pt/c13-12(10(18)19,11(20)21)2-1-3-22-9-8(17)7(16)6(15)5(4-14)23-9;;;/h5-9,14-17H,1-4H2,(H,18,19)(H,20,21);2*1H3;/q;;;+2/p-2/t5-,6-,7+,8-,9?;;;/m1.../s1. The molecule has 0 aromatic heterocycles. The summed E-state index contributed by atoms with van der Waals surface area (Å²) in [6, 6.07) is 0. The second kappa shape index (κ2) is 12.6. The summed E-state index contributed by atoms with van der Waals surface area (Å²) in [6.45, 7) is -1.11. The van der Waals surface area contributed by atoms with Crippen molar-refractivity contribution in [2.45, 2.75) is 49.2 Å². The number of rotatable bonds is 8. The summed E-state index contributed by atoms with van der Waals surface area (Å²) < 4.78 is 23.5. The zero-order chi connectivity index (χ0) is 17.8. The molecule has 0 amide bonds. The smallest absolute Gasteiger partial charge is 0.546 e. The summed E-state index contributed by atoms with van der Waals surface area (Å²) >= 11 is 0. The van der Waals surface area contributed by atoms with E-state index in [0.29, 0.717) is 0 Å². The van der Waals surface area contributed by atoms with E-state index in [-0.39, 0.29) is 33.4 Å². The molecule has 5 atom stereocenters. The fourth-order valence-corrected chi connectivity index (χ4v) is 2.01. The third-order valence-electron chi connectivity index (χ3n) is 3.44. The van der Waals surface area contributed by atoms with Gasteiger partial charge in [0.05, 0.1) is 25.2 Å². The van der Waals surface area contributed by atoms with E-state index in [1.807, 2.05) is 0 Å². The van der Waals surface area contributed by atoms with Gasteiger partial charge in [0.25, 0.3) is 0 Å². The molecular weight excluding hydrogens is 546 g/mol. The van der Waals surface area contributed by atoms with E-state index in [4.69, 9.17) is 14.6 Å². The van der Waals surface area contributed by atoms with Crippen LogP contribution in [0.2, 0.25) is 0 Å². The Morgan fingerprint density at radius 1 is 1.08 bits per heavy atom. The summed E-state index contributed by atoms with van der Waals surface area (Å²) in [6.07, 6.45) is -9.02. The number of carbonyl (C=O) groups excluding carboxylic acids is 2. The molecule has 1 saturated heterocycles. The number of aliphatic carboxylic acids is 2. The zero-order valence-corrected chi connectivity index (χ0v) is 15.8. The fourth-order valence-electron chi connectivity index (χ4n) is 2.01. The minimum Gasteiger partial charge on any atom is -0.546 e. The fraction of sp³-hybridized carbons (Fsp3) is 0.833. The molecule has 1 fully saturated rings. The van der Waals surface area contributed by atoms with E-state index in [1.165, 1.54) is 0 Å². The third-order valence-corrected chi connectivity index (χ3v) is 3.44. The first-order valence-corrected chi connectivity index (χ1v) is 6.69. The van der Waals surface area contributed by atoms with Gasteiger partial charge in [-0.3, -0.25) is 0 Å². The summed E-state index contributed by atoms with van der Waals surface area (Å²) in [7, 11) is 0. The van der Waals surface area contributed by atoms with Gasteiger partial charge in [0.2, 0.25) is 0 Å². The molecule has 14 heteroatoms. The first-order valence-electron chi connectivity index (χ1n) is 6.69. The average molecular weight is 569 g/mol. The molecule has 10 N–H and O–H groups in total. The summed E-state index contributed by atoms with van der Waals surface area (Å²) in [5.74, 6) is -4.91. The van der Waals surface area contributed by atoms with Gasteiger partial charge in [-0.15, -0.1) is 0 Å². The van der Waals surface area contributed by atoms with Gasteiger partial charge < -0.3 is 62.0 Å². The molecule has 0 radical (unpaired) electrons. The van der Waals surface area contributed by atoms with Crippen molar-refractivity contribution >= 4 is 11.9 Å². The molecule has 0 aromatic rings. The molecule has 1 heterocycles. The Hall–Kier alpha value is -0.762.